The van der Waals surface area contributed by atoms with Crippen LogP contribution in [0.5, 0.6) is 0 Å². The van der Waals surface area contributed by atoms with Crippen molar-refractivity contribution in [3.05, 3.63) is 30.0 Å². The van der Waals surface area contributed by atoms with Crippen LogP contribution in [0.15, 0.2) is 24.3 Å². The average Bonchev–Trinajstić information content (AvgIpc) is 2.64. The third-order valence-corrected chi connectivity index (χ3v) is 3.75. The molecule has 0 saturated carbocycles. The minimum Gasteiger partial charge on any atom is -0.395 e. The number of nitrogens with zero attached hydrogens (tertiary/aromatic N) is 2. The topological polar surface area (TPSA) is 38.1 Å². The van der Waals surface area contributed by atoms with E-state index in [-0.39, 0.29) is 11.9 Å². The molecule has 2 aromatic rings. The lowest BCUT2D eigenvalue weighted by atomic mass is 10.2. The Labute approximate surface area is 99.5 Å². The van der Waals surface area contributed by atoms with Crippen LogP contribution in [0.4, 0.5) is 0 Å². The average molecular weight is 236 g/mol. The third kappa shape index (κ3) is 2.23. The van der Waals surface area contributed by atoms with Gasteiger partial charge in [-0.25, -0.2) is 0 Å². The summed E-state index contributed by atoms with van der Waals surface area (Å²) in [5, 5.41) is 15.0. The maximum atomic E-state index is 8.98. The molecule has 0 aliphatic carbocycles. The molecule has 0 saturated heterocycles. The first-order valence-electron chi connectivity index (χ1n) is 5.35. The Balaban J connectivity index is 2.24. The summed E-state index contributed by atoms with van der Waals surface area (Å²) in [5.41, 5.74) is 2.26. The van der Waals surface area contributed by atoms with E-state index in [0.717, 1.165) is 17.0 Å². The molecule has 0 aliphatic heterocycles. The number of rotatable bonds is 4. The molecule has 0 fully saturated rings. The van der Waals surface area contributed by atoms with E-state index in [1.807, 2.05) is 30.8 Å². The Kier molecular flexibility index (Phi) is 3.51. The molecule has 0 amide bonds. The fraction of sp³-hybridized carbons (Fsp3) is 0.417. The molecule has 1 unspecified atom stereocenters. The molecule has 1 heterocycles. The van der Waals surface area contributed by atoms with Crippen LogP contribution in [-0.4, -0.2) is 26.7 Å². The fourth-order valence-electron chi connectivity index (χ4n) is 1.67. The quantitative estimate of drug-likeness (QED) is 0.884. The lowest BCUT2D eigenvalue weighted by Gasteiger charge is -2.05. The zero-order chi connectivity index (χ0) is 11.5. The molecule has 2 rings (SSSR count). The molecular formula is C12H16N2OS. The summed E-state index contributed by atoms with van der Waals surface area (Å²) in [7, 11) is 1.96. The van der Waals surface area contributed by atoms with Crippen LogP contribution in [0.25, 0.3) is 10.9 Å². The summed E-state index contributed by atoms with van der Waals surface area (Å²) in [5.74, 6) is 0.850. The van der Waals surface area contributed by atoms with Crippen molar-refractivity contribution in [1.82, 2.24) is 9.78 Å². The normalized spacial score (nSPS) is 13.2. The number of aromatic nitrogens is 2. The van der Waals surface area contributed by atoms with Crippen LogP contribution in [-0.2, 0) is 12.8 Å². The Morgan fingerprint density at radius 2 is 2.19 bits per heavy atom. The molecule has 1 N–H and O–H groups in total. The highest BCUT2D eigenvalue weighted by molar-refractivity contribution is 7.99. The van der Waals surface area contributed by atoms with Crippen LogP contribution in [0.1, 0.15) is 12.6 Å². The molecule has 0 spiro atoms. The van der Waals surface area contributed by atoms with E-state index in [0.29, 0.717) is 0 Å². The summed E-state index contributed by atoms with van der Waals surface area (Å²) in [4.78, 5) is 0. The van der Waals surface area contributed by atoms with Crippen molar-refractivity contribution < 1.29 is 5.11 Å². The Hall–Kier alpha value is -1.00. The van der Waals surface area contributed by atoms with Gasteiger partial charge in [-0.3, -0.25) is 4.68 Å². The highest BCUT2D eigenvalue weighted by Gasteiger charge is 2.09. The Morgan fingerprint density at radius 1 is 1.44 bits per heavy atom. The molecule has 4 heteroatoms. The number of hydrogen-bond donors (Lipinski definition) is 1. The molecule has 16 heavy (non-hydrogen) atoms. The van der Waals surface area contributed by atoms with Gasteiger partial charge in [0.2, 0.25) is 0 Å². The van der Waals surface area contributed by atoms with Crippen LogP contribution in [0.2, 0.25) is 0 Å². The monoisotopic (exact) mass is 236 g/mol. The number of hydrogen-bond acceptors (Lipinski definition) is 3. The van der Waals surface area contributed by atoms with Crippen LogP contribution in [0, 0.1) is 0 Å². The maximum absolute atomic E-state index is 8.98. The van der Waals surface area contributed by atoms with Gasteiger partial charge in [-0.05, 0) is 6.07 Å². The number of aliphatic hydroxyl groups is 1. The Morgan fingerprint density at radius 3 is 2.94 bits per heavy atom. The number of para-hydroxylation sites is 1. The van der Waals surface area contributed by atoms with Crippen molar-refractivity contribution in [2.75, 3.05) is 6.61 Å². The highest BCUT2D eigenvalue weighted by Crippen LogP contribution is 2.23. The van der Waals surface area contributed by atoms with Gasteiger partial charge < -0.3 is 5.11 Å². The zero-order valence-electron chi connectivity index (χ0n) is 9.55. The van der Waals surface area contributed by atoms with Gasteiger partial charge in [0.25, 0.3) is 0 Å². The molecule has 1 atom stereocenters. The van der Waals surface area contributed by atoms with Crippen LogP contribution >= 0.6 is 11.8 Å². The van der Waals surface area contributed by atoms with Crippen molar-refractivity contribution in [3.63, 3.8) is 0 Å². The predicted octanol–water partition coefficient (Wildman–Crippen LogP) is 2.19. The number of benzene rings is 1. The Bertz CT molecular complexity index is 481. The van der Waals surface area contributed by atoms with E-state index in [9.17, 15) is 0 Å². The smallest absolute Gasteiger partial charge is 0.0802 e. The number of aryl methyl sites for hydroxylation is 1. The van der Waals surface area contributed by atoms with Crippen LogP contribution < -0.4 is 0 Å². The molecular weight excluding hydrogens is 220 g/mol. The lowest BCUT2D eigenvalue weighted by molar-refractivity contribution is 0.300. The molecule has 86 valence electrons. The summed E-state index contributed by atoms with van der Waals surface area (Å²) in [6, 6.07) is 8.23. The van der Waals surface area contributed by atoms with Gasteiger partial charge in [0, 0.05) is 23.4 Å². The summed E-state index contributed by atoms with van der Waals surface area (Å²) < 4.78 is 1.91. The van der Waals surface area contributed by atoms with E-state index in [4.69, 9.17) is 5.11 Å². The number of fused-ring (bicyclic) bond motifs is 1. The first kappa shape index (κ1) is 11.5. The SMILES string of the molecule is CC(CO)SCc1nn(C)c2ccccc12. The van der Waals surface area contributed by atoms with E-state index in [1.54, 1.807) is 11.8 Å². The second kappa shape index (κ2) is 4.89. The van der Waals surface area contributed by atoms with Gasteiger partial charge in [-0.2, -0.15) is 5.10 Å². The standard InChI is InChI=1S/C12H16N2OS/c1-9(7-15)16-8-11-10-5-3-4-6-12(10)14(2)13-11/h3-6,9,15H,7-8H2,1-2H3. The summed E-state index contributed by atoms with van der Waals surface area (Å²) in [6.07, 6.45) is 0. The van der Waals surface area contributed by atoms with E-state index in [1.165, 1.54) is 5.39 Å². The van der Waals surface area contributed by atoms with E-state index in [2.05, 4.69) is 17.2 Å². The van der Waals surface area contributed by atoms with Gasteiger partial charge >= 0.3 is 0 Å². The number of thioether (sulfide) groups is 1. The van der Waals surface area contributed by atoms with E-state index >= 15 is 0 Å². The molecule has 3 nitrogen and oxygen atoms in total. The van der Waals surface area contributed by atoms with Crippen molar-refractivity contribution in [2.45, 2.75) is 17.9 Å². The predicted molar refractivity (Wildman–Crippen MR) is 68.6 cm³/mol. The molecule has 0 bridgehead atoms. The minimum absolute atomic E-state index is 0.218. The van der Waals surface area contributed by atoms with Gasteiger partial charge in [0.1, 0.15) is 0 Å². The molecule has 0 radical (unpaired) electrons. The van der Waals surface area contributed by atoms with E-state index < -0.39 is 0 Å². The lowest BCUT2D eigenvalue weighted by Crippen LogP contribution is -2.02. The highest BCUT2D eigenvalue weighted by atomic mass is 32.2. The van der Waals surface area contributed by atoms with Gasteiger partial charge in [0.15, 0.2) is 0 Å². The first-order chi connectivity index (χ1) is 7.72. The van der Waals surface area contributed by atoms with Crippen molar-refractivity contribution in [1.29, 1.82) is 0 Å². The second-order valence-corrected chi connectivity index (χ2v) is 5.32. The summed E-state index contributed by atoms with van der Waals surface area (Å²) in [6.45, 7) is 2.24. The molecule has 1 aromatic heterocycles. The van der Waals surface area contributed by atoms with Gasteiger partial charge in [-0.1, -0.05) is 25.1 Å². The molecule has 1 aromatic carbocycles. The second-order valence-electron chi connectivity index (χ2n) is 3.89. The third-order valence-electron chi connectivity index (χ3n) is 2.60. The van der Waals surface area contributed by atoms with Gasteiger partial charge in [-0.15, -0.1) is 11.8 Å². The first-order valence-corrected chi connectivity index (χ1v) is 6.40. The fourth-order valence-corrected chi connectivity index (χ4v) is 2.43. The van der Waals surface area contributed by atoms with Gasteiger partial charge in [0.05, 0.1) is 17.8 Å². The maximum Gasteiger partial charge on any atom is 0.0802 e. The molecule has 0 aliphatic rings. The van der Waals surface area contributed by atoms with Crippen molar-refractivity contribution in [2.24, 2.45) is 7.05 Å². The largest absolute Gasteiger partial charge is 0.395 e. The summed E-state index contributed by atoms with van der Waals surface area (Å²) >= 11 is 1.73. The van der Waals surface area contributed by atoms with Crippen molar-refractivity contribution in [3.8, 4) is 0 Å². The zero-order valence-corrected chi connectivity index (χ0v) is 10.4. The van der Waals surface area contributed by atoms with Crippen LogP contribution in [0.3, 0.4) is 0 Å². The van der Waals surface area contributed by atoms with Crippen molar-refractivity contribution >= 4 is 22.7 Å². The minimum atomic E-state index is 0.218. The number of aliphatic hydroxyl groups excluding tert-OH is 1.